The van der Waals surface area contributed by atoms with Crippen molar-refractivity contribution in [3.8, 4) is 11.5 Å². The second-order valence-corrected chi connectivity index (χ2v) is 9.06. The molecule has 1 atom stereocenters. The van der Waals surface area contributed by atoms with Crippen molar-refractivity contribution in [3.63, 3.8) is 0 Å². The Morgan fingerprint density at radius 1 is 0.941 bits per heavy atom. The molecule has 1 N–H and O–H groups in total. The van der Waals surface area contributed by atoms with Crippen LogP contribution in [0.1, 0.15) is 22.7 Å². The molecule has 2 aliphatic rings. The Labute approximate surface area is 205 Å². The molecule has 3 aromatic carbocycles. The lowest BCUT2D eigenvalue weighted by Crippen LogP contribution is -2.31. The first-order valence-corrected chi connectivity index (χ1v) is 11.8. The summed E-state index contributed by atoms with van der Waals surface area (Å²) in [6.07, 6.45) is 0.586. The molecule has 1 fully saturated rings. The highest BCUT2D eigenvalue weighted by atomic mass is 79.9. The van der Waals surface area contributed by atoms with Crippen molar-refractivity contribution in [2.24, 2.45) is 0 Å². The maximum Gasteiger partial charge on any atom is 0.295 e. The van der Waals surface area contributed by atoms with Crippen molar-refractivity contribution < 1.29 is 24.2 Å². The number of hydrogen-bond acceptors (Lipinski definition) is 5. The lowest BCUT2D eigenvalue weighted by atomic mass is 9.95. The summed E-state index contributed by atoms with van der Waals surface area (Å²) in [5, 5.41) is 11.3. The SMILES string of the molecule is O=C1C(=O)N(CCc2ccccc2)C(c2cccc(Br)c2)/C1=C(/O)c1ccc2c(c1)OCCO2. The number of fused-ring (bicyclic) bond motifs is 1. The van der Waals surface area contributed by atoms with E-state index in [1.165, 1.54) is 0 Å². The van der Waals surface area contributed by atoms with Gasteiger partial charge in [0.2, 0.25) is 0 Å². The topological polar surface area (TPSA) is 76.1 Å². The molecule has 1 unspecified atom stereocenters. The number of aliphatic hydroxyl groups is 1. The lowest BCUT2D eigenvalue weighted by Gasteiger charge is -2.25. The van der Waals surface area contributed by atoms with Crippen LogP contribution in [0.4, 0.5) is 0 Å². The van der Waals surface area contributed by atoms with Crippen LogP contribution in [-0.2, 0) is 16.0 Å². The van der Waals surface area contributed by atoms with Crippen LogP contribution in [0.5, 0.6) is 11.5 Å². The second-order valence-electron chi connectivity index (χ2n) is 8.14. The van der Waals surface area contributed by atoms with Gasteiger partial charge in [-0.25, -0.2) is 0 Å². The standard InChI is InChI=1S/C27H22BrNO5/c28-20-8-4-7-18(15-20)24-23(25(30)19-9-10-21-22(16-19)34-14-13-33-21)26(31)27(32)29(24)12-11-17-5-2-1-3-6-17/h1-10,15-16,24,30H,11-14H2/b25-23-. The summed E-state index contributed by atoms with van der Waals surface area (Å²) in [5.41, 5.74) is 2.25. The number of likely N-dealkylation sites (tertiary alicyclic amines) is 1. The number of halogens is 1. The van der Waals surface area contributed by atoms with E-state index in [2.05, 4.69) is 15.9 Å². The summed E-state index contributed by atoms with van der Waals surface area (Å²) in [5.74, 6) is -0.491. The van der Waals surface area contributed by atoms with Gasteiger partial charge in [-0.05, 0) is 47.9 Å². The van der Waals surface area contributed by atoms with Crippen molar-refractivity contribution in [1.82, 2.24) is 4.90 Å². The van der Waals surface area contributed by atoms with Crippen molar-refractivity contribution in [3.05, 3.63) is 99.5 Å². The summed E-state index contributed by atoms with van der Waals surface area (Å²) in [6, 6.07) is 21.5. The molecular weight excluding hydrogens is 498 g/mol. The van der Waals surface area contributed by atoms with Gasteiger partial charge in [0, 0.05) is 16.6 Å². The van der Waals surface area contributed by atoms with E-state index in [0.717, 1.165) is 15.6 Å². The lowest BCUT2D eigenvalue weighted by molar-refractivity contribution is -0.139. The molecule has 0 radical (unpaired) electrons. The zero-order valence-corrected chi connectivity index (χ0v) is 19.8. The molecule has 0 saturated carbocycles. The van der Waals surface area contributed by atoms with Crippen LogP contribution in [0.2, 0.25) is 0 Å². The zero-order chi connectivity index (χ0) is 23.7. The molecule has 34 heavy (non-hydrogen) atoms. The minimum Gasteiger partial charge on any atom is -0.507 e. The minimum absolute atomic E-state index is 0.0628. The van der Waals surface area contributed by atoms with E-state index in [1.54, 1.807) is 23.1 Å². The molecule has 0 aliphatic carbocycles. The molecule has 0 aromatic heterocycles. The first-order valence-electron chi connectivity index (χ1n) is 11.0. The molecule has 2 aliphatic heterocycles. The summed E-state index contributed by atoms with van der Waals surface area (Å²) < 4.78 is 12.0. The van der Waals surface area contributed by atoms with E-state index < -0.39 is 17.7 Å². The maximum atomic E-state index is 13.2. The van der Waals surface area contributed by atoms with Crippen molar-refractivity contribution in [1.29, 1.82) is 0 Å². The summed E-state index contributed by atoms with van der Waals surface area (Å²) >= 11 is 3.48. The van der Waals surface area contributed by atoms with E-state index in [0.29, 0.717) is 43.2 Å². The quantitative estimate of drug-likeness (QED) is 0.295. The van der Waals surface area contributed by atoms with Crippen LogP contribution in [0.3, 0.4) is 0 Å². The van der Waals surface area contributed by atoms with Crippen molar-refractivity contribution in [2.75, 3.05) is 19.8 Å². The van der Waals surface area contributed by atoms with Crippen LogP contribution in [0.25, 0.3) is 5.76 Å². The first kappa shape index (κ1) is 22.2. The number of nitrogens with zero attached hydrogens (tertiary/aromatic N) is 1. The maximum absolute atomic E-state index is 13.2. The van der Waals surface area contributed by atoms with E-state index in [1.807, 2.05) is 54.6 Å². The van der Waals surface area contributed by atoms with Crippen molar-refractivity contribution in [2.45, 2.75) is 12.5 Å². The van der Waals surface area contributed by atoms with Gasteiger partial charge in [-0.15, -0.1) is 0 Å². The predicted molar refractivity (Wildman–Crippen MR) is 131 cm³/mol. The first-order chi connectivity index (χ1) is 16.5. The number of carbonyl (C=O) groups excluding carboxylic acids is 2. The monoisotopic (exact) mass is 519 g/mol. The predicted octanol–water partition coefficient (Wildman–Crippen LogP) is 4.88. The van der Waals surface area contributed by atoms with E-state index in [9.17, 15) is 14.7 Å². The van der Waals surface area contributed by atoms with Gasteiger partial charge in [-0.3, -0.25) is 9.59 Å². The Hall–Kier alpha value is -3.58. The Balaban J connectivity index is 1.58. The Morgan fingerprint density at radius 3 is 2.47 bits per heavy atom. The van der Waals surface area contributed by atoms with Gasteiger partial charge < -0.3 is 19.5 Å². The molecule has 5 rings (SSSR count). The number of hydrogen-bond donors (Lipinski definition) is 1. The zero-order valence-electron chi connectivity index (χ0n) is 18.2. The fourth-order valence-corrected chi connectivity index (χ4v) is 4.79. The minimum atomic E-state index is -0.714. The fraction of sp³-hybridized carbons (Fsp3) is 0.185. The molecule has 1 saturated heterocycles. The van der Waals surface area contributed by atoms with Crippen LogP contribution in [-0.4, -0.2) is 41.5 Å². The van der Waals surface area contributed by atoms with Gasteiger partial charge in [0.1, 0.15) is 19.0 Å². The van der Waals surface area contributed by atoms with Crippen LogP contribution < -0.4 is 9.47 Å². The second kappa shape index (κ2) is 9.35. The highest BCUT2D eigenvalue weighted by Gasteiger charge is 2.46. The van der Waals surface area contributed by atoms with Gasteiger partial charge in [0.05, 0.1) is 11.6 Å². The number of Topliss-reactive ketones (excluding diaryl/α,β-unsaturated/α-hetero) is 1. The Bertz CT molecular complexity index is 1290. The average Bonchev–Trinajstić information content (AvgIpc) is 3.12. The number of aliphatic hydroxyl groups excluding tert-OH is 1. The number of ketones is 1. The molecule has 3 aromatic rings. The van der Waals surface area contributed by atoms with E-state index >= 15 is 0 Å². The van der Waals surface area contributed by atoms with E-state index in [-0.39, 0.29) is 11.3 Å². The number of carbonyl (C=O) groups is 2. The number of benzene rings is 3. The van der Waals surface area contributed by atoms with Gasteiger partial charge in [0.15, 0.2) is 11.5 Å². The average molecular weight is 520 g/mol. The van der Waals surface area contributed by atoms with Crippen LogP contribution in [0.15, 0.2) is 82.8 Å². The molecular formula is C27H22BrNO5. The summed E-state index contributed by atoms with van der Waals surface area (Å²) in [4.78, 5) is 27.9. The normalized spacial score (nSPS) is 18.9. The molecule has 6 nitrogen and oxygen atoms in total. The number of rotatable bonds is 5. The summed E-state index contributed by atoms with van der Waals surface area (Å²) in [6.45, 7) is 1.19. The molecule has 172 valence electrons. The molecule has 2 heterocycles. The molecule has 0 bridgehead atoms. The third-order valence-electron chi connectivity index (χ3n) is 6.00. The largest absolute Gasteiger partial charge is 0.507 e. The Morgan fingerprint density at radius 2 is 1.71 bits per heavy atom. The van der Waals surface area contributed by atoms with Crippen molar-refractivity contribution >= 4 is 33.4 Å². The van der Waals surface area contributed by atoms with Gasteiger partial charge in [-0.1, -0.05) is 58.4 Å². The van der Waals surface area contributed by atoms with Crippen LogP contribution >= 0.6 is 15.9 Å². The van der Waals surface area contributed by atoms with Gasteiger partial charge >= 0.3 is 0 Å². The highest BCUT2D eigenvalue weighted by Crippen LogP contribution is 2.41. The molecule has 0 spiro atoms. The fourth-order valence-electron chi connectivity index (χ4n) is 4.37. The molecule has 1 amide bonds. The Kier molecular flexibility index (Phi) is 6.11. The number of ether oxygens (including phenoxy) is 2. The van der Waals surface area contributed by atoms with E-state index in [4.69, 9.17) is 9.47 Å². The molecule has 7 heteroatoms. The van der Waals surface area contributed by atoms with Gasteiger partial charge in [-0.2, -0.15) is 0 Å². The van der Waals surface area contributed by atoms with Gasteiger partial charge in [0.25, 0.3) is 11.7 Å². The smallest absolute Gasteiger partial charge is 0.295 e. The summed E-state index contributed by atoms with van der Waals surface area (Å²) in [7, 11) is 0. The number of amides is 1. The highest BCUT2D eigenvalue weighted by molar-refractivity contribution is 9.10. The van der Waals surface area contributed by atoms with Crippen LogP contribution in [0, 0.1) is 0 Å². The third kappa shape index (κ3) is 4.19. The third-order valence-corrected chi connectivity index (χ3v) is 6.50.